The molecule has 7 heteroatoms. The van der Waals surface area contributed by atoms with Crippen LogP contribution in [0.5, 0.6) is 0 Å². The van der Waals surface area contributed by atoms with Crippen LogP contribution in [0.15, 0.2) is 46.9 Å². The van der Waals surface area contributed by atoms with Crippen LogP contribution in [-0.4, -0.2) is 28.6 Å². The fourth-order valence-electron chi connectivity index (χ4n) is 3.48. The van der Waals surface area contributed by atoms with Crippen LogP contribution in [0.1, 0.15) is 30.4 Å². The lowest BCUT2D eigenvalue weighted by molar-refractivity contribution is -0.122. The van der Waals surface area contributed by atoms with Gasteiger partial charge in [-0.1, -0.05) is 13.0 Å². The molecule has 0 aliphatic carbocycles. The summed E-state index contributed by atoms with van der Waals surface area (Å²) in [5, 5.41) is 10.9. The van der Waals surface area contributed by atoms with E-state index < -0.39 is 0 Å². The molecule has 1 aliphatic heterocycles. The minimum Gasteiger partial charge on any atom is -0.421 e. The van der Waals surface area contributed by atoms with E-state index >= 15 is 0 Å². The van der Waals surface area contributed by atoms with Crippen molar-refractivity contribution in [2.24, 2.45) is 5.92 Å². The fraction of sp³-hybridized carbons (Fsp3) is 0.304. The van der Waals surface area contributed by atoms with Crippen molar-refractivity contribution in [3.8, 4) is 11.5 Å². The van der Waals surface area contributed by atoms with Crippen molar-refractivity contribution in [3.63, 3.8) is 0 Å². The van der Waals surface area contributed by atoms with Gasteiger partial charge in [-0.3, -0.25) is 9.59 Å². The second-order valence-electron chi connectivity index (χ2n) is 7.60. The summed E-state index contributed by atoms with van der Waals surface area (Å²) in [6.07, 6.45) is 0.888. The van der Waals surface area contributed by atoms with Gasteiger partial charge in [0, 0.05) is 36.3 Å². The third-order valence-electron chi connectivity index (χ3n) is 5.47. The molecule has 0 bridgehead atoms. The van der Waals surface area contributed by atoms with Gasteiger partial charge in [0.15, 0.2) is 0 Å². The molecule has 1 aliphatic rings. The van der Waals surface area contributed by atoms with Gasteiger partial charge in [0.2, 0.25) is 23.6 Å². The van der Waals surface area contributed by atoms with E-state index in [9.17, 15) is 9.59 Å². The maximum absolute atomic E-state index is 12.7. The topological polar surface area (TPSA) is 88.3 Å². The van der Waals surface area contributed by atoms with Crippen LogP contribution in [0, 0.1) is 19.8 Å². The minimum atomic E-state index is -0.387. The molecule has 154 valence electrons. The Morgan fingerprint density at radius 1 is 1.13 bits per heavy atom. The Labute approximate surface area is 175 Å². The quantitative estimate of drug-likeness (QED) is 0.697. The van der Waals surface area contributed by atoms with Gasteiger partial charge in [-0.25, -0.2) is 0 Å². The first-order chi connectivity index (χ1) is 14.4. The van der Waals surface area contributed by atoms with Crippen molar-refractivity contribution in [3.05, 3.63) is 59.5 Å². The number of hydrogen-bond acceptors (Lipinski definition) is 5. The average Bonchev–Trinajstić information content (AvgIpc) is 3.37. The Kier molecular flexibility index (Phi) is 5.35. The number of hydrogen-bond donors (Lipinski definition) is 1. The molecule has 1 atom stereocenters. The second-order valence-corrected chi connectivity index (χ2v) is 7.60. The summed E-state index contributed by atoms with van der Waals surface area (Å²) in [5.41, 5.74) is 4.59. The summed E-state index contributed by atoms with van der Waals surface area (Å²) >= 11 is 0. The Hall–Kier alpha value is -3.48. The summed E-state index contributed by atoms with van der Waals surface area (Å²) in [6, 6.07) is 13.2. The van der Waals surface area contributed by atoms with Gasteiger partial charge < -0.3 is 14.6 Å². The van der Waals surface area contributed by atoms with Gasteiger partial charge in [-0.05, 0) is 61.4 Å². The van der Waals surface area contributed by atoms with E-state index in [-0.39, 0.29) is 24.2 Å². The van der Waals surface area contributed by atoms with E-state index in [1.54, 1.807) is 17.0 Å². The lowest BCUT2D eigenvalue weighted by atomic mass is 10.1. The molecule has 1 N–H and O–H groups in total. The molecule has 0 radical (unpaired) electrons. The minimum absolute atomic E-state index is 0.0307. The second kappa shape index (κ2) is 8.10. The van der Waals surface area contributed by atoms with Crippen molar-refractivity contribution >= 4 is 23.2 Å². The first kappa shape index (κ1) is 19.8. The van der Waals surface area contributed by atoms with Crippen molar-refractivity contribution < 1.29 is 14.0 Å². The van der Waals surface area contributed by atoms with E-state index in [0.717, 1.165) is 16.8 Å². The highest BCUT2D eigenvalue weighted by Crippen LogP contribution is 2.28. The Morgan fingerprint density at radius 3 is 2.57 bits per heavy atom. The number of aromatic nitrogens is 2. The highest BCUT2D eigenvalue weighted by molar-refractivity contribution is 6.03. The first-order valence-electron chi connectivity index (χ1n) is 10.1. The van der Waals surface area contributed by atoms with Crippen molar-refractivity contribution in [1.82, 2.24) is 10.2 Å². The third kappa shape index (κ3) is 3.96. The van der Waals surface area contributed by atoms with Gasteiger partial charge in [-0.2, -0.15) is 0 Å². The molecule has 7 nitrogen and oxygen atoms in total. The predicted molar refractivity (Wildman–Crippen MR) is 114 cm³/mol. The number of carbonyl (C=O) groups excluding carboxylic acids is 2. The number of rotatable bonds is 5. The highest BCUT2D eigenvalue weighted by atomic mass is 16.4. The summed E-state index contributed by atoms with van der Waals surface area (Å²) in [7, 11) is 0. The number of anilines is 2. The van der Waals surface area contributed by atoms with Crippen LogP contribution in [0.25, 0.3) is 11.5 Å². The van der Waals surface area contributed by atoms with Crippen LogP contribution >= 0.6 is 0 Å². The van der Waals surface area contributed by atoms with Crippen molar-refractivity contribution in [2.45, 2.75) is 33.6 Å². The molecule has 0 spiro atoms. The Morgan fingerprint density at radius 2 is 1.90 bits per heavy atom. The highest BCUT2D eigenvalue weighted by Gasteiger charge is 2.35. The number of nitrogens with zero attached hydrogens (tertiary/aromatic N) is 3. The smallest absolute Gasteiger partial charge is 0.247 e. The molecular formula is C23H24N4O3. The largest absolute Gasteiger partial charge is 0.421 e. The summed E-state index contributed by atoms with van der Waals surface area (Å²) < 4.78 is 5.55. The fourth-order valence-corrected chi connectivity index (χ4v) is 3.48. The molecule has 2 aromatic carbocycles. The Bertz CT molecular complexity index is 1090. The van der Waals surface area contributed by atoms with E-state index in [2.05, 4.69) is 15.5 Å². The number of amides is 2. The van der Waals surface area contributed by atoms with E-state index in [1.165, 1.54) is 5.56 Å². The number of benzene rings is 2. The van der Waals surface area contributed by atoms with Gasteiger partial charge in [0.25, 0.3) is 0 Å². The molecule has 1 fully saturated rings. The van der Waals surface area contributed by atoms with Gasteiger partial charge in [0.1, 0.15) is 0 Å². The maximum Gasteiger partial charge on any atom is 0.247 e. The molecule has 2 amide bonds. The number of aryl methyl sites for hydroxylation is 3. The summed E-state index contributed by atoms with van der Waals surface area (Å²) in [5.74, 6) is 0.462. The first-order valence-corrected chi connectivity index (χ1v) is 10.1. The monoisotopic (exact) mass is 404 g/mol. The van der Waals surface area contributed by atoms with Crippen molar-refractivity contribution in [1.29, 1.82) is 0 Å². The molecule has 3 aromatic rings. The normalized spacial score (nSPS) is 16.2. The van der Waals surface area contributed by atoms with Gasteiger partial charge >= 0.3 is 0 Å². The molecule has 1 aromatic heterocycles. The molecule has 0 unspecified atom stereocenters. The molecule has 30 heavy (non-hydrogen) atoms. The van der Waals surface area contributed by atoms with E-state index in [4.69, 9.17) is 4.42 Å². The van der Waals surface area contributed by atoms with Crippen molar-refractivity contribution in [2.75, 3.05) is 16.8 Å². The van der Waals surface area contributed by atoms with Gasteiger partial charge in [0.05, 0.1) is 5.92 Å². The molecule has 4 rings (SSSR count). The lowest BCUT2D eigenvalue weighted by Gasteiger charge is -2.18. The maximum atomic E-state index is 12.7. The molecule has 0 saturated carbocycles. The summed E-state index contributed by atoms with van der Waals surface area (Å²) in [6.45, 7) is 6.38. The van der Waals surface area contributed by atoms with E-state index in [1.807, 2.05) is 51.1 Å². The van der Waals surface area contributed by atoms with Crippen LogP contribution in [0.2, 0.25) is 0 Å². The lowest BCUT2D eigenvalue weighted by Crippen LogP contribution is -2.28. The predicted octanol–water partition coefficient (Wildman–Crippen LogP) is 3.91. The zero-order valence-corrected chi connectivity index (χ0v) is 17.3. The molecule has 1 saturated heterocycles. The SMILES string of the molecule is CCc1nnc(-c2ccc(NC(=O)[C@H]3CC(=O)N(c4ccc(C)c(C)c4)C3)cc2)o1. The van der Waals surface area contributed by atoms with E-state index in [0.29, 0.717) is 30.4 Å². The zero-order valence-electron chi connectivity index (χ0n) is 17.3. The Balaban J connectivity index is 1.41. The number of carbonyl (C=O) groups is 2. The molecule has 2 heterocycles. The van der Waals surface area contributed by atoms with Crippen LogP contribution in [-0.2, 0) is 16.0 Å². The van der Waals surface area contributed by atoms with Gasteiger partial charge in [-0.15, -0.1) is 10.2 Å². The molecular weight excluding hydrogens is 380 g/mol. The third-order valence-corrected chi connectivity index (χ3v) is 5.47. The zero-order chi connectivity index (χ0) is 21.3. The standard InChI is InChI=1S/C23H24N4O3/c1-4-20-25-26-23(30-20)16-6-8-18(9-7-16)24-22(29)17-12-21(28)27(13-17)19-10-5-14(2)15(3)11-19/h5-11,17H,4,12-13H2,1-3H3,(H,24,29)/t17-/m0/s1. The van der Waals surface area contributed by atoms with Crippen LogP contribution < -0.4 is 10.2 Å². The summed E-state index contributed by atoms with van der Waals surface area (Å²) in [4.78, 5) is 26.9. The average molecular weight is 404 g/mol. The van der Waals surface area contributed by atoms with Crippen LogP contribution in [0.3, 0.4) is 0 Å². The van der Waals surface area contributed by atoms with Crippen LogP contribution in [0.4, 0.5) is 11.4 Å². The number of nitrogens with one attached hydrogen (secondary N) is 1.